The van der Waals surface area contributed by atoms with Crippen LogP contribution in [-0.2, 0) is 6.18 Å². The number of halogens is 4. The molecule has 0 fully saturated rings. The summed E-state index contributed by atoms with van der Waals surface area (Å²) in [6.45, 7) is 0. The lowest BCUT2D eigenvalue weighted by Crippen LogP contribution is -2.20. The number of benzene rings is 1. The van der Waals surface area contributed by atoms with E-state index in [-0.39, 0.29) is 16.2 Å². The van der Waals surface area contributed by atoms with Gasteiger partial charge in [-0.1, -0.05) is 29.9 Å². The molecule has 0 amide bonds. The quantitative estimate of drug-likeness (QED) is 0.867. The summed E-state index contributed by atoms with van der Waals surface area (Å²) in [5.74, 6) is 0. The highest BCUT2D eigenvalue weighted by atomic mass is 35.5. The van der Waals surface area contributed by atoms with Crippen LogP contribution in [0.15, 0.2) is 30.5 Å². The Bertz CT molecular complexity index is 636. The summed E-state index contributed by atoms with van der Waals surface area (Å²) in [4.78, 5) is -0.361. The fourth-order valence-corrected chi connectivity index (χ4v) is 1.94. The van der Waals surface area contributed by atoms with Crippen molar-refractivity contribution in [3.8, 4) is 5.69 Å². The summed E-state index contributed by atoms with van der Waals surface area (Å²) in [6.07, 6.45) is -3.64. The van der Waals surface area contributed by atoms with Crippen LogP contribution < -0.4 is 5.73 Å². The number of rotatable bonds is 2. The lowest BCUT2D eigenvalue weighted by molar-refractivity contribution is -0.142. The van der Waals surface area contributed by atoms with Gasteiger partial charge in [-0.15, -0.1) is 0 Å². The minimum absolute atomic E-state index is 0.183. The summed E-state index contributed by atoms with van der Waals surface area (Å²) in [7, 11) is 0. The van der Waals surface area contributed by atoms with E-state index in [1.54, 1.807) is 6.07 Å². The van der Waals surface area contributed by atoms with E-state index in [0.717, 1.165) is 10.9 Å². The van der Waals surface area contributed by atoms with Gasteiger partial charge in [0.05, 0.1) is 17.4 Å². The second kappa shape index (κ2) is 4.82. The largest absolute Gasteiger partial charge is 0.434 e. The third-order valence-electron chi connectivity index (χ3n) is 2.36. The first-order chi connectivity index (χ1) is 8.80. The minimum Gasteiger partial charge on any atom is -0.389 e. The van der Waals surface area contributed by atoms with Crippen LogP contribution in [0.2, 0.25) is 5.02 Å². The molecule has 0 spiro atoms. The van der Waals surface area contributed by atoms with Gasteiger partial charge in [0, 0.05) is 5.02 Å². The van der Waals surface area contributed by atoms with Gasteiger partial charge in [0.1, 0.15) is 4.99 Å². The maximum absolute atomic E-state index is 13.1. The molecule has 0 radical (unpaired) electrons. The van der Waals surface area contributed by atoms with E-state index < -0.39 is 11.9 Å². The molecule has 3 nitrogen and oxygen atoms in total. The number of hydrogen-bond donors (Lipinski definition) is 1. The molecule has 0 aliphatic carbocycles. The Hall–Kier alpha value is -1.60. The van der Waals surface area contributed by atoms with Crippen LogP contribution in [0.25, 0.3) is 5.69 Å². The van der Waals surface area contributed by atoms with E-state index in [1.165, 1.54) is 18.2 Å². The molecule has 1 aromatic carbocycles. The van der Waals surface area contributed by atoms with E-state index in [1.807, 2.05) is 0 Å². The molecule has 0 saturated carbocycles. The van der Waals surface area contributed by atoms with Crippen LogP contribution in [0.4, 0.5) is 13.2 Å². The van der Waals surface area contributed by atoms with Gasteiger partial charge in [-0.3, -0.25) is 0 Å². The molecule has 1 heterocycles. The van der Waals surface area contributed by atoms with Crippen LogP contribution in [0.5, 0.6) is 0 Å². The zero-order chi connectivity index (χ0) is 14.2. The number of thiocarbonyl (C=S) groups is 1. The highest BCUT2D eigenvalue weighted by Gasteiger charge is 2.39. The highest BCUT2D eigenvalue weighted by Crippen LogP contribution is 2.33. The molecule has 100 valence electrons. The second-order valence-electron chi connectivity index (χ2n) is 3.66. The first-order valence-corrected chi connectivity index (χ1v) is 5.80. The molecule has 2 N–H and O–H groups in total. The fourth-order valence-electron chi connectivity index (χ4n) is 1.61. The number of nitrogens with zero attached hydrogens (tertiary/aromatic N) is 2. The molecule has 2 aromatic rings. The number of aromatic nitrogens is 2. The molecule has 1 aromatic heterocycles. The molecule has 0 saturated heterocycles. The van der Waals surface area contributed by atoms with Crippen LogP contribution in [0.3, 0.4) is 0 Å². The van der Waals surface area contributed by atoms with E-state index in [2.05, 4.69) is 17.3 Å². The second-order valence-corrected chi connectivity index (χ2v) is 4.54. The summed E-state index contributed by atoms with van der Waals surface area (Å²) in [5.41, 5.74) is 4.14. The number of nitrogens with two attached hydrogens (primary N) is 1. The van der Waals surface area contributed by atoms with E-state index in [0.29, 0.717) is 5.02 Å². The molecular formula is C11H7ClF3N3S. The average molecular weight is 306 g/mol. The van der Waals surface area contributed by atoms with Crippen molar-refractivity contribution < 1.29 is 13.2 Å². The first-order valence-electron chi connectivity index (χ1n) is 5.01. The monoisotopic (exact) mass is 305 g/mol. The SMILES string of the molecule is NC(=S)c1cnn(-c2cccc(Cl)c2)c1C(F)(F)F. The third kappa shape index (κ3) is 2.71. The average Bonchev–Trinajstić information content (AvgIpc) is 2.73. The molecule has 2 rings (SSSR count). The molecule has 8 heteroatoms. The van der Waals surface area contributed by atoms with Gasteiger partial charge < -0.3 is 5.73 Å². The van der Waals surface area contributed by atoms with E-state index in [4.69, 9.17) is 17.3 Å². The Morgan fingerprint density at radius 2 is 2.05 bits per heavy atom. The molecule has 0 aliphatic heterocycles. The maximum atomic E-state index is 13.1. The van der Waals surface area contributed by atoms with Gasteiger partial charge >= 0.3 is 6.18 Å². The third-order valence-corrected chi connectivity index (χ3v) is 2.81. The molecule has 0 aliphatic rings. The topological polar surface area (TPSA) is 43.8 Å². The summed E-state index contributed by atoms with van der Waals surface area (Å²) < 4.78 is 40.0. The van der Waals surface area contributed by atoms with Crippen molar-refractivity contribution in [2.24, 2.45) is 5.73 Å². The Morgan fingerprint density at radius 1 is 1.37 bits per heavy atom. The van der Waals surface area contributed by atoms with Crippen molar-refractivity contribution in [1.82, 2.24) is 9.78 Å². The standard InChI is InChI=1S/C11H7ClF3N3S/c12-6-2-1-3-7(4-6)18-9(11(13,14)15)8(5-17-18)10(16)19/h1-5H,(H2,16,19). The van der Waals surface area contributed by atoms with Crippen molar-refractivity contribution in [3.63, 3.8) is 0 Å². The Balaban J connectivity index is 2.68. The van der Waals surface area contributed by atoms with Crippen LogP contribution in [-0.4, -0.2) is 14.8 Å². The van der Waals surface area contributed by atoms with Gasteiger partial charge in [0.25, 0.3) is 0 Å². The lowest BCUT2D eigenvalue weighted by atomic mass is 10.2. The van der Waals surface area contributed by atoms with Crippen molar-refractivity contribution in [3.05, 3.63) is 46.7 Å². The predicted molar refractivity (Wildman–Crippen MR) is 69.5 cm³/mol. The van der Waals surface area contributed by atoms with Gasteiger partial charge in [0.2, 0.25) is 0 Å². The normalized spacial score (nSPS) is 11.6. The van der Waals surface area contributed by atoms with Gasteiger partial charge in [0.15, 0.2) is 5.69 Å². The van der Waals surface area contributed by atoms with Crippen LogP contribution >= 0.6 is 23.8 Å². The van der Waals surface area contributed by atoms with E-state index >= 15 is 0 Å². The van der Waals surface area contributed by atoms with Crippen LogP contribution in [0.1, 0.15) is 11.3 Å². The van der Waals surface area contributed by atoms with Crippen molar-refractivity contribution in [2.45, 2.75) is 6.18 Å². The van der Waals surface area contributed by atoms with Crippen LogP contribution in [0, 0.1) is 0 Å². The maximum Gasteiger partial charge on any atom is 0.434 e. The predicted octanol–water partition coefficient (Wildman–Crippen LogP) is 3.18. The Morgan fingerprint density at radius 3 is 2.58 bits per heavy atom. The van der Waals surface area contributed by atoms with Gasteiger partial charge in [-0.05, 0) is 18.2 Å². The Labute approximate surface area is 116 Å². The smallest absolute Gasteiger partial charge is 0.389 e. The highest BCUT2D eigenvalue weighted by molar-refractivity contribution is 7.80. The van der Waals surface area contributed by atoms with Gasteiger partial charge in [-0.2, -0.15) is 18.3 Å². The van der Waals surface area contributed by atoms with Crippen molar-refractivity contribution in [2.75, 3.05) is 0 Å². The molecule has 0 unspecified atom stereocenters. The molecule has 19 heavy (non-hydrogen) atoms. The summed E-state index contributed by atoms with van der Waals surface area (Å²) >= 11 is 10.4. The molecular weight excluding hydrogens is 299 g/mol. The number of alkyl halides is 3. The first kappa shape index (κ1) is 13.8. The Kier molecular flexibility index (Phi) is 3.51. The summed E-state index contributed by atoms with van der Waals surface area (Å²) in [6, 6.07) is 5.90. The molecule has 0 bridgehead atoms. The lowest BCUT2D eigenvalue weighted by Gasteiger charge is -2.12. The number of hydrogen-bond acceptors (Lipinski definition) is 2. The zero-order valence-electron chi connectivity index (χ0n) is 9.28. The fraction of sp³-hybridized carbons (Fsp3) is 0.0909. The summed E-state index contributed by atoms with van der Waals surface area (Å²) in [5, 5.41) is 3.99. The van der Waals surface area contributed by atoms with Crippen molar-refractivity contribution in [1.29, 1.82) is 0 Å². The molecule has 0 atom stereocenters. The van der Waals surface area contributed by atoms with E-state index in [9.17, 15) is 13.2 Å². The zero-order valence-corrected chi connectivity index (χ0v) is 10.9. The minimum atomic E-state index is -4.63. The van der Waals surface area contributed by atoms with Gasteiger partial charge in [-0.25, -0.2) is 4.68 Å². The van der Waals surface area contributed by atoms with Crippen molar-refractivity contribution >= 4 is 28.8 Å².